The van der Waals surface area contributed by atoms with Crippen molar-refractivity contribution in [1.82, 2.24) is 20.4 Å². The number of nitrogens with zero attached hydrogens (tertiary/aromatic N) is 3. The highest BCUT2D eigenvalue weighted by atomic mass is 15.2. The van der Waals surface area contributed by atoms with E-state index >= 15 is 0 Å². The largest absolute Gasteiger partial charge is 0.356 e. The summed E-state index contributed by atoms with van der Waals surface area (Å²) >= 11 is 0. The van der Waals surface area contributed by atoms with Crippen LogP contribution in [0, 0.1) is 5.92 Å². The van der Waals surface area contributed by atoms with Gasteiger partial charge in [-0.15, -0.1) is 0 Å². The molecule has 1 heterocycles. The molecule has 0 radical (unpaired) electrons. The third-order valence-corrected chi connectivity index (χ3v) is 4.03. The zero-order valence-electron chi connectivity index (χ0n) is 14.5. The summed E-state index contributed by atoms with van der Waals surface area (Å²) in [4.78, 5) is 9.25. The molecule has 0 spiro atoms. The van der Waals surface area contributed by atoms with Gasteiger partial charge < -0.3 is 20.4 Å². The molecule has 2 N–H and O–H groups in total. The number of nitrogens with one attached hydrogen (secondary N) is 2. The Bertz CT molecular complexity index is 282. The highest BCUT2D eigenvalue weighted by Crippen LogP contribution is 2.01. The molecule has 1 saturated heterocycles. The summed E-state index contributed by atoms with van der Waals surface area (Å²) in [5, 5.41) is 6.77. The van der Waals surface area contributed by atoms with E-state index in [9.17, 15) is 0 Å². The van der Waals surface area contributed by atoms with Crippen molar-refractivity contribution in [3.05, 3.63) is 0 Å². The molecule has 0 atom stereocenters. The van der Waals surface area contributed by atoms with Crippen LogP contribution < -0.4 is 10.6 Å². The Labute approximate surface area is 131 Å². The van der Waals surface area contributed by atoms with E-state index in [-0.39, 0.29) is 0 Å². The Kier molecular flexibility index (Phi) is 9.42. The predicted octanol–water partition coefficient (Wildman–Crippen LogP) is 1.23. The Hall–Kier alpha value is -0.810. The minimum atomic E-state index is 0.735. The molecule has 21 heavy (non-hydrogen) atoms. The molecular formula is C16H35N5. The zero-order valence-corrected chi connectivity index (χ0v) is 14.5. The van der Waals surface area contributed by atoms with Crippen LogP contribution in [0.2, 0.25) is 0 Å². The molecule has 0 aromatic rings. The van der Waals surface area contributed by atoms with Crippen molar-refractivity contribution < 1.29 is 0 Å². The topological polar surface area (TPSA) is 42.9 Å². The van der Waals surface area contributed by atoms with E-state index in [1.807, 2.05) is 7.05 Å². The average molecular weight is 297 g/mol. The average Bonchev–Trinajstić information content (AvgIpc) is 2.46. The maximum atomic E-state index is 4.26. The third kappa shape index (κ3) is 8.94. The van der Waals surface area contributed by atoms with E-state index < -0.39 is 0 Å². The third-order valence-electron chi connectivity index (χ3n) is 4.03. The molecule has 0 aromatic heterocycles. The lowest BCUT2D eigenvalue weighted by Gasteiger charge is -2.32. The molecule has 0 bridgehead atoms. The van der Waals surface area contributed by atoms with Crippen LogP contribution in [0.4, 0.5) is 0 Å². The molecule has 0 aliphatic carbocycles. The van der Waals surface area contributed by atoms with Gasteiger partial charge in [-0.3, -0.25) is 4.99 Å². The van der Waals surface area contributed by atoms with Gasteiger partial charge in [-0.05, 0) is 38.8 Å². The summed E-state index contributed by atoms with van der Waals surface area (Å²) in [6, 6.07) is 0. The Morgan fingerprint density at radius 3 is 2.33 bits per heavy atom. The number of rotatable bonds is 8. The first kappa shape index (κ1) is 18.2. The number of unbranched alkanes of at least 4 members (excludes halogenated alkanes) is 1. The standard InChI is InChI=1S/C16H35N5/c1-15(2)7-9-19-16(17-3)18-8-5-6-10-21-13-11-20(4)12-14-21/h15H,5-14H2,1-4H3,(H2,17,18,19). The van der Waals surface area contributed by atoms with Crippen LogP contribution in [-0.2, 0) is 0 Å². The number of aliphatic imine (C=N–C) groups is 1. The van der Waals surface area contributed by atoms with E-state index in [1.54, 1.807) is 0 Å². The number of piperazine rings is 1. The maximum absolute atomic E-state index is 4.26. The molecular weight excluding hydrogens is 262 g/mol. The minimum absolute atomic E-state index is 0.735. The summed E-state index contributed by atoms with van der Waals surface area (Å²) < 4.78 is 0. The van der Waals surface area contributed by atoms with Gasteiger partial charge in [0.1, 0.15) is 0 Å². The molecule has 1 rings (SSSR count). The normalized spacial score (nSPS) is 18.2. The predicted molar refractivity (Wildman–Crippen MR) is 92.0 cm³/mol. The summed E-state index contributed by atoms with van der Waals surface area (Å²) in [5.41, 5.74) is 0. The van der Waals surface area contributed by atoms with Crippen LogP contribution in [0.25, 0.3) is 0 Å². The molecule has 0 amide bonds. The number of hydrogen-bond acceptors (Lipinski definition) is 3. The first-order valence-corrected chi connectivity index (χ1v) is 8.47. The fourth-order valence-electron chi connectivity index (χ4n) is 2.44. The van der Waals surface area contributed by atoms with Gasteiger partial charge in [0.15, 0.2) is 5.96 Å². The van der Waals surface area contributed by atoms with Crippen LogP contribution in [0.5, 0.6) is 0 Å². The molecule has 0 saturated carbocycles. The van der Waals surface area contributed by atoms with Crippen molar-refractivity contribution in [2.75, 3.05) is 59.9 Å². The van der Waals surface area contributed by atoms with Crippen LogP contribution in [0.1, 0.15) is 33.1 Å². The number of hydrogen-bond donors (Lipinski definition) is 2. The van der Waals surface area contributed by atoms with Crippen LogP contribution in [0.15, 0.2) is 4.99 Å². The van der Waals surface area contributed by atoms with Gasteiger partial charge in [-0.2, -0.15) is 0 Å². The van der Waals surface area contributed by atoms with Gasteiger partial charge in [0.25, 0.3) is 0 Å². The van der Waals surface area contributed by atoms with E-state index in [4.69, 9.17) is 0 Å². The SMILES string of the molecule is CN=C(NCCCCN1CCN(C)CC1)NCCC(C)C. The zero-order chi connectivity index (χ0) is 15.5. The monoisotopic (exact) mass is 297 g/mol. The highest BCUT2D eigenvalue weighted by Gasteiger charge is 2.12. The quantitative estimate of drug-likeness (QED) is 0.402. The van der Waals surface area contributed by atoms with Crippen molar-refractivity contribution >= 4 is 5.96 Å². The second-order valence-corrected chi connectivity index (χ2v) is 6.46. The van der Waals surface area contributed by atoms with Crippen molar-refractivity contribution in [1.29, 1.82) is 0 Å². The molecule has 1 fully saturated rings. The van der Waals surface area contributed by atoms with E-state index in [2.05, 4.69) is 46.3 Å². The van der Waals surface area contributed by atoms with Gasteiger partial charge in [-0.25, -0.2) is 0 Å². The number of likely N-dealkylation sites (N-methyl/N-ethyl adjacent to an activating group) is 1. The van der Waals surface area contributed by atoms with Crippen molar-refractivity contribution in [2.24, 2.45) is 10.9 Å². The van der Waals surface area contributed by atoms with E-state index in [1.165, 1.54) is 52.0 Å². The molecule has 1 aliphatic heterocycles. The first-order valence-electron chi connectivity index (χ1n) is 8.47. The van der Waals surface area contributed by atoms with E-state index in [0.717, 1.165) is 25.0 Å². The van der Waals surface area contributed by atoms with Crippen LogP contribution in [-0.4, -0.2) is 75.7 Å². The van der Waals surface area contributed by atoms with Crippen molar-refractivity contribution in [3.63, 3.8) is 0 Å². The maximum Gasteiger partial charge on any atom is 0.190 e. The Morgan fingerprint density at radius 1 is 1.05 bits per heavy atom. The summed E-state index contributed by atoms with van der Waals surface area (Å²) in [6.07, 6.45) is 3.65. The van der Waals surface area contributed by atoms with Crippen LogP contribution >= 0.6 is 0 Å². The van der Waals surface area contributed by atoms with Crippen LogP contribution in [0.3, 0.4) is 0 Å². The second-order valence-electron chi connectivity index (χ2n) is 6.46. The Morgan fingerprint density at radius 2 is 1.71 bits per heavy atom. The van der Waals surface area contributed by atoms with Gasteiger partial charge in [0.05, 0.1) is 0 Å². The lowest BCUT2D eigenvalue weighted by Crippen LogP contribution is -2.44. The summed E-state index contributed by atoms with van der Waals surface area (Å²) in [5.74, 6) is 1.68. The Balaban J connectivity index is 1.99. The second kappa shape index (κ2) is 10.9. The molecule has 5 heteroatoms. The molecule has 124 valence electrons. The summed E-state index contributed by atoms with van der Waals surface area (Å²) in [6.45, 7) is 12.6. The molecule has 0 unspecified atom stereocenters. The minimum Gasteiger partial charge on any atom is -0.356 e. The molecule has 1 aliphatic rings. The molecule has 0 aromatic carbocycles. The van der Waals surface area contributed by atoms with Crippen molar-refractivity contribution in [2.45, 2.75) is 33.1 Å². The van der Waals surface area contributed by atoms with Gasteiger partial charge in [0.2, 0.25) is 0 Å². The fraction of sp³-hybridized carbons (Fsp3) is 0.938. The van der Waals surface area contributed by atoms with Gasteiger partial charge in [-0.1, -0.05) is 13.8 Å². The smallest absolute Gasteiger partial charge is 0.190 e. The highest BCUT2D eigenvalue weighted by molar-refractivity contribution is 5.79. The van der Waals surface area contributed by atoms with Crippen molar-refractivity contribution in [3.8, 4) is 0 Å². The first-order chi connectivity index (χ1) is 10.1. The van der Waals surface area contributed by atoms with Gasteiger partial charge in [0, 0.05) is 46.3 Å². The van der Waals surface area contributed by atoms with E-state index in [0.29, 0.717) is 0 Å². The fourth-order valence-corrected chi connectivity index (χ4v) is 2.44. The lowest BCUT2D eigenvalue weighted by atomic mass is 10.1. The summed E-state index contributed by atoms with van der Waals surface area (Å²) in [7, 11) is 4.05. The molecule has 5 nitrogen and oxygen atoms in total. The number of guanidine groups is 1. The lowest BCUT2D eigenvalue weighted by molar-refractivity contribution is 0.152. The van der Waals surface area contributed by atoms with Gasteiger partial charge >= 0.3 is 0 Å².